The Morgan fingerprint density at radius 3 is 2.72 bits per heavy atom. The number of likely N-dealkylation sites (N-methyl/N-ethyl adjacent to an activating group) is 1. The number of nitrogens with one attached hydrogen (secondary N) is 3. The van der Waals surface area contributed by atoms with Crippen LogP contribution in [-0.2, 0) is 10.2 Å². The number of carbonyl (C=O) groups is 1. The second-order valence-corrected chi connectivity index (χ2v) is 11.5. The van der Waals surface area contributed by atoms with Crippen molar-refractivity contribution in [1.29, 1.82) is 0 Å². The number of hydrazine groups is 1. The molecule has 1 aromatic heterocycles. The highest BCUT2D eigenvalue weighted by Crippen LogP contribution is 2.65. The molecular weight excluding hydrogens is 452 g/mol. The normalized spacial score (nSPS) is 35.4. The standard InChI is InChI=1S/C28H36N6O2/c1-33-9-11-34(12-10-33)25-8-4-18(16-29-25)26-20-6-3-17(13-24(20)31-32-26)22-15-28(22)21-14-19(36-2)5-7-23(21)30-27(28)35/h4-5,7-8,14,16-17,20,22,24,26,31-32H,3,6,9-13,15H2,1-2H3,(H,30,35)/t17?,20?,22?,24?,26?,28-/m0/s1. The van der Waals surface area contributed by atoms with Crippen molar-refractivity contribution in [3.05, 3.63) is 47.7 Å². The lowest BCUT2D eigenvalue weighted by Crippen LogP contribution is -2.44. The molecule has 4 fully saturated rings. The Hall–Kier alpha value is -2.68. The van der Waals surface area contributed by atoms with Crippen molar-refractivity contribution in [3.8, 4) is 5.75 Å². The van der Waals surface area contributed by atoms with Gasteiger partial charge in [-0.05, 0) is 85.9 Å². The molecule has 1 aromatic carbocycles. The Morgan fingerprint density at radius 1 is 1.08 bits per heavy atom. The Balaban J connectivity index is 1.03. The number of hydrogen-bond acceptors (Lipinski definition) is 7. The number of carbonyl (C=O) groups excluding carboxylic acids is 1. The van der Waals surface area contributed by atoms with Gasteiger partial charge in [0.15, 0.2) is 0 Å². The first-order valence-corrected chi connectivity index (χ1v) is 13.5. The zero-order chi connectivity index (χ0) is 24.4. The lowest BCUT2D eigenvalue weighted by Gasteiger charge is -2.34. The van der Waals surface area contributed by atoms with E-state index in [1.807, 2.05) is 12.1 Å². The van der Waals surface area contributed by atoms with Crippen LogP contribution >= 0.6 is 0 Å². The molecule has 1 amide bonds. The van der Waals surface area contributed by atoms with E-state index in [0.717, 1.165) is 61.8 Å². The topological polar surface area (TPSA) is 81.8 Å². The Morgan fingerprint density at radius 2 is 1.94 bits per heavy atom. The second-order valence-electron chi connectivity index (χ2n) is 11.5. The van der Waals surface area contributed by atoms with Gasteiger partial charge in [-0.1, -0.05) is 6.07 Å². The Labute approximate surface area is 212 Å². The number of nitrogens with zero attached hydrogens (tertiary/aromatic N) is 3. The molecule has 2 saturated carbocycles. The molecule has 5 aliphatic rings. The highest BCUT2D eigenvalue weighted by atomic mass is 16.5. The molecule has 7 rings (SSSR count). The Bertz CT molecular complexity index is 1160. The molecule has 2 saturated heterocycles. The van der Waals surface area contributed by atoms with Crippen LogP contribution in [-0.4, -0.2) is 62.2 Å². The summed E-state index contributed by atoms with van der Waals surface area (Å²) in [5.41, 5.74) is 10.2. The fourth-order valence-corrected chi connectivity index (χ4v) is 7.51. The number of pyridine rings is 1. The van der Waals surface area contributed by atoms with Crippen molar-refractivity contribution in [1.82, 2.24) is 20.7 Å². The first-order valence-electron chi connectivity index (χ1n) is 13.5. The van der Waals surface area contributed by atoms with Crippen molar-refractivity contribution < 1.29 is 9.53 Å². The largest absolute Gasteiger partial charge is 0.497 e. The maximum absolute atomic E-state index is 13.1. The number of amides is 1. The Kier molecular flexibility index (Phi) is 5.27. The molecule has 1 spiro atoms. The van der Waals surface area contributed by atoms with E-state index >= 15 is 0 Å². The monoisotopic (exact) mass is 488 g/mol. The van der Waals surface area contributed by atoms with Gasteiger partial charge in [-0.25, -0.2) is 10.4 Å². The number of fused-ring (bicyclic) bond motifs is 3. The summed E-state index contributed by atoms with van der Waals surface area (Å²) >= 11 is 0. The van der Waals surface area contributed by atoms with Gasteiger partial charge in [-0.15, -0.1) is 0 Å². The molecule has 4 heterocycles. The van der Waals surface area contributed by atoms with Crippen molar-refractivity contribution in [2.24, 2.45) is 17.8 Å². The summed E-state index contributed by atoms with van der Waals surface area (Å²) in [6.07, 6.45) is 6.48. The van der Waals surface area contributed by atoms with Crippen LogP contribution in [0.2, 0.25) is 0 Å². The molecule has 8 nitrogen and oxygen atoms in total. The molecule has 36 heavy (non-hydrogen) atoms. The molecule has 190 valence electrons. The van der Waals surface area contributed by atoms with Crippen LogP contribution in [0.15, 0.2) is 36.5 Å². The summed E-state index contributed by atoms with van der Waals surface area (Å²) in [4.78, 5) is 22.7. The molecule has 3 N–H and O–H groups in total. The number of piperazine rings is 1. The number of benzene rings is 1. The number of ether oxygens (including phenoxy) is 1. The van der Waals surface area contributed by atoms with Crippen molar-refractivity contribution in [2.45, 2.75) is 43.2 Å². The van der Waals surface area contributed by atoms with E-state index in [-0.39, 0.29) is 17.4 Å². The quantitative estimate of drug-likeness (QED) is 0.611. The SMILES string of the molecule is COc1ccc2c(c1)[C@]1(CC1C1CCC3C(C1)NNC3c1ccc(N3CCN(C)CC3)nc1)C(=O)N2. The fourth-order valence-electron chi connectivity index (χ4n) is 7.51. The molecule has 3 aliphatic heterocycles. The zero-order valence-electron chi connectivity index (χ0n) is 21.2. The van der Waals surface area contributed by atoms with Crippen LogP contribution < -0.4 is 25.8 Å². The summed E-state index contributed by atoms with van der Waals surface area (Å²) in [7, 11) is 3.87. The van der Waals surface area contributed by atoms with E-state index in [9.17, 15) is 4.79 Å². The van der Waals surface area contributed by atoms with E-state index in [0.29, 0.717) is 23.8 Å². The molecule has 5 unspecified atom stereocenters. The van der Waals surface area contributed by atoms with Crippen molar-refractivity contribution in [2.75, 3.05) is 50.6 Å². The van der Waals surface area contributed by atoms with Gasteiger partial charge in [-0.2, -0.15) is 0 Å². The van der Waals surface area contributed by atoms with Crippen LogP contribution in [0.4, 0.5) is 11.5 Å². The predicted octanol–water partition coefficient (Wildman–Crippen LogP) is 2.69. The van der Waals surface area contributed by atoms with E-state index < -0.39 is 0 Å². The zero-order valence-corrected chi connectivity index (χ0v) is 21.2. The number of methoxy groups -OCH3 is 1. The first kappa shape index (κ1) is 22.5. The molecule has 6 atom stereocenters. The predicted molar refractivity (Wildman–Crippen MR) is 139 cm³/mol. The number of hydrogen-bond donors (Lipinski definition) is 3. The van der Waals surface area contributed by atoms with Gasteiger partial charge in [0, 0.05) is 44.1 Å². The summed E-state index contributed by atoms with van der Waals surface area (Å²) in [6, 6.07) is 11.2. The second kappa shape index (κ2) is 8.43. The lowest BCUT2D eigenvalue weighted by atomic mass is 9.72. The smallest absolute Gasteiger partial charge is 0.235 e. The molecule has 0 bridgehead atoms. The summed E-state index contributed by atoms with van der Waals surface area (Å²) in [5.74, 6) is 3.62. The third-order valence-electron chi connectivity index (χ3n) is 9.70. The molecule has 8 heteroatoms. The highest BCUT2D eigenvalue weighted by molar-refractivity contribution is 6.09. The van der Waals surface area contributed by atoms with Gasteiger partial charge in [0.25, 0.3) is 0 Å². The maximum Gasteiger partial charge on any atom is 0.235 e. The van der Waals surface area contributed by atoms with Crippen LogP contribution in [0, 0.1) is 17.8 Å². The minimum atomic E-state index is -0.351. The molecule has 0 radical (unpaired) electrons. The van der Waals surface area contributed by atoms with E-state index in [1.165, 1.54) is 18.4 Å². The van der Waals surface area contributed by atoms with Gasteiger partial charge in [0.05, 0.1) is 18.6 Å². The van der Waals surface area contributed by atoms with Gasteiger partial charge >= 0.3 is 0 Å². The fraction of sp³-hybridized carbons (Fsp3) is 0.571. The van der Waals surface area contributed by atoms with Crippen LogP contribution in [0.5, 0.6) is 5.75 Å². The van der Waals surface area contributed by atoms with E-state index in [1.54, 1.807) is 7.11 Å². The molecular formula is C28H36N6O2. The average Bonchev–Trinajstić information content (AvgIpc) is 3.44. The highest BCUT2D eigenvalue weighted by Gasteiger charge is 2.67. The third-order valence-corrected chi connectivity index (χ3v) is 9.70. The summed E-state index contributed by atoms with van der Waals surface area (Å²) in [6.45, 7) is 4.25. The van der Waals surface area contributed by atoms with Crippen LogP contribution in [0.25, 0.3) is 0 Å². The molecule has 2 aliphatic carbocycles. The van der Waals surface area contributed by atoms with Crippen LogP contribution in [0.3, 0.4) is 0 Å². The summed E-state index contributed by atoms with van der Waals surface area (Å²) in [5, 5.41) is 3.14. The maximum atomic E-state index is 13.1. The van der Waals surface area contributed by atoms with Gasteiger partial charge < -0.3 is 19.9 Å². The number of aromatic nitrogens is 1. The van der Waals surface area contributed by atoms with Gasteiger partial charge in [0.1, 0.15) is 11.6 Å². The summed E-state index contributed by atoms with van der Waals surface area (Å²) < 4.78 is 5.47. The van der Waals surface area contributed by atoms with Gasteiger partial charge in [-0.3, -0.25) is 10.2 Å². The lowest BCUT2D eigenvalue weighted by molar-refractivity contribution is -0.118. The van der Waals surface area contributed by atoms with Crippen LogP contribution in [0.1, 0.15) is 42.9 Å². The van der Waals surface area contributed by atoms with E-state index in [2.05, 4.69) is 57.4 Å². The van der Waals surface area contributed by atoms with E-state index in [4.69, 9.17) is 9.72 Å². The van der Waals surface area contributed by atoms with Gasteiger partial charge in [0.2, 0.25) is 5.91 Å². The molecule has 2 aromatic rings. The number of anilines is 2. The first-order chi connectivity index (χ1) is 17.6. The minimum Gasteiger partial charge on any atom is -0.497 e. The number of rotatable bonds is 4. The average molecular weight is 489 g/mol. The third kappa shape index (κ3) is 3.45. The van der Waals surface area contributed by atoms with Crippen molar-refractivity contribution in [3.63, 3.8) is 0 Å². The van der Waals surface area contributed by atoms with Crippen molar-refractivity contribution >= 4 is 17.4 Å². The minimum absolute atomic E-state index is 0.180.